The van der Waals surface area contributed by atoms with Crippen LogP contribution >= 0.6 is 0 Å². The van der Waals surface area contributed by atoms with E-state index in [1.54, 1.807) is 0 Å². The molecule has 0 radical (unpaired) electrons. The molecule has 0 N–H and O–H groups in total. The van der Waals surface area contributed by atoms with Crippen molar-refractivity contribution in [2.24, 2.45) is 0 Å². The van der Waals surface area contributed by atoms with Crippen LogP contribution in [0.4, 0.5) is 0 Å². The molecule has 0 aliphatic heterocycles. The molecule has 1 aromatic rings. The summed E-state index contributed by atoms with van der Waals surface area (Å²) >= 11 is 0. The van der Waals surface area contributed by atoms with Crippen LogP contribution in [0.1, 0.15) is 37.8 Å². The quantitative estimate of drug-likeness (QED) is 0.727. The topological polar surface area (TPSA) is 18.5 Å². The van der Waals surface area contributed by atoms with Gasteiger partial charge in [0.1, 0.15) is 0 Å². The summed E-state index contributed by atoms with van der Waals surface area (Å²) in [4.78, 5) is 0. The lowest BCUT2D eigenvalue weighted by molar-refractivity contribution is 0.266. The molecule has 0 heterocycles. The van der Waals surface area contributed by atoms with Crippen LogP contribution in [0.2, 0.25) is 0 Å². The first-order valence-electron chi connectivity index (χ1n) is 6.06. The van der Waals surface area contributed by atoms with Crippen LogP contribution in [0.3, 0.4) is 0 Å². The van der Waals surface area contributed by atoms with Crippen molar-refractivity contribution in [2.45, 2.75) is 40.5 Å². The van der Waals surface area contributed by atoms with E-state index < -0.39 is 0 Å². The lowest BCUT2D eigenvalue weighted by Crippen LogP contribution is -2.03. The third-order valence-corrected chi connectivity index (χ3v) is 2.55. The first kappa shape index (κ1) is 12.9. The van der Waals surface area contributed by atoms with Gasteiger partial charge in [0.05, 0.1) is 13.2 Å². The first-order valence-corrected chi connectivity index (χ1v) is 6.06. The Morgan fingerprint density at radius 2 is 1.56 bits per heavy atom. The van der Waals surface area contributed by atoms with Gasteiger partial charge < -0.3 is 9.47 Å². The van der Waals surface area contributed by atoms with Crippen LogP contribution in [-0.2, 0) is 0 Å². The van der Waals surface area contributed by atoms with Crippen molar-refractivity contribution in [1.82, 2.24) is 0 Å². The second kappa shape index (κ2) is 6.41. The van der Waals surface area contributed by atoms with Crippen molar-refractivity contribution in [2.75, 3.05) is 13.2 Å². The maximum Gasteiger partial charge on any atom is 0.164 e. The molecule has 1 rings (SSSR count). The van der Waals surface area contributed by atoms with Gasteiger partial charge in [-0.15, -0.1) is 0 Å². The smallest absolute Gasteiger partial charge is 0.164 e. The lowest BCUT2D eigenvalue weighted by atomic mass is 10.1. The number of hydrogen-bond donors (Lipinski definition) is 0. The van der Waals surface area contributed by atoms with Gasteiger partial charge in [0, 0.05) is 0 Å². The molecule has 0 aliphatic rings. The van der Waals surface area contributed by atoms with Crippen molar-refractivity contribution in [1.29, 1.82) is 0 Å². The van der Waals surface area contributed by atoms with Gasteiger partial charge in [-0.1, -0.05) is 19.9 Å². The minimum Gasteiger partial charge on any atom is -0.490 e. The number of benzene rings is 1. The van der Waals surface area contributed by atoms with Crippen molar-refractivity contribution in [3.8, 4) is 11.5 Å². The van der Waals surface area contributed by atoms with E-state index in [1.165, 1.54) is 11.1 Å². The van der Waals surface area contributed by atoms with Crippen LogP contribution in [0, 0.1) is 13.8 Å². The third-order valence-electron chi connectivity index (χ3n) is 2.55. The molecule has 0 unspecified atom stereocenters. The van der Waals surface area contributed by atoms with E-state index in [-0.39, 0.29) is 0 Å². The monoisotopic (exact) mass is 222 g/mol. The molecule has 0 atom stereocenters. The maximum absolute atomic E-state index is 5.77. The Morgan fingerprint density at radius 3 is 2.19 bits per heavy atom. The third kappa shape index (κ3) is 3.16. The molecule has 2 nitrogen and oxygen atoms in total. The van der Waals surface area contributed by atoms with Crippen molar-refractivity contribution < 1.29 is 9.47 Å². The van der Waals surface area contributed by atoms with Gasteiger partial charge in [0.25, 0.3) is 0 Å². The Kier molecular flexibility index (Phi) is 5.17. The van der Waals surface area contributed by atoms with E-state index in [2.05, 4.69) is 33.8 Å². The van der Waals surface area contributed by atoms with Gasteiger partial charge in [0.15, 0.2) is 11.5 Å². The molecule has 16 heavy (non-hydrogen) atoms. The summed E-state index contributed by atoms with van der Waals surface area (Å²) < 4.78 is 11.5. The zero-order valence-electron chi connectivity index (χ0n) is 10.8. The van der Waals surface area contributed by atoms with E-state index in [4.69, 9.17) is 9.47 Å². The standard InChI is InChI=1S/C14H22O2/c1-5-9-15-13-8-7-11(3)12(4)14(13)16-10-6-2/h7-8H,5-6,9-10H2,1-4H3. The zero-order valence-corrected chi connectivity index (χ0v) is 10.8. The summed E-state index contributed by atoms with van der Waals surface area (Å²) in [5.41, 5.74) is 2.43. The second-order valence-electron chi connectivity index (χ2n) is 4.03. The summed E-state index contributed by atoms with van der Waals surface area (Å²) in [6, 6.07) is 4.09. The fourth-order valence-corrected chi connectivity index (χ4v) is 1.47. The second-order valence-corrected chi connectivity index (χ2v) is 4.03. The molecule has 0 spiro atoms. The minimum absolute atomic E-state index is 0.741. The average Bonchev–Trinajstić information content (AvgIpc) is 2.29. The molecule has 0 saturated carbocycles. The number of hydrogen-bond acceptors (Lipinski definition) is 2. The highest BCUT2D eigenvalue weighted by Gasteiger charge is 2.10. The highest BCUT2D eigenvalue weighted by atomic mass is 16.5. The first-order chi connectivity index (χ1) is 7.70. The zero-order chi connectivity index (χ0) is 12.0. The summed E-state index contributed by atoms with van der Waals surface area (Å²) in [6.07, 6.45) is 2.03. The van der Waals surface area contributed by atoms with Crippen LogP contribution in [0.25, 0.3) is 0 Å². The minimum atomic E-state index is 0.741. The van der Waals surface area contributed by atoms with Crippen molar-refractivity contribution in [3.63, 3.8) is 0 Å². The predicted molar refractivity (Wildman–Crippen MR) is 67.5 cm³/mol. The highest BCUT2D eigenvalue weighted by Crippen LogP contribution is 2.33. The number of ether oxygens (including phenoxy) is 2. The van der Waals surface area contributed by atoms with E-state index in [0.29, 0.717) is 0 Å². The van der Waals surface area contributed by atoms with Crippen LogP contribution < -0.4 is 9.47 Å². The molecule has 90 valence electrons. The highest BCUT2D eigenvalue weighted by molar-refractivity contribution is 5.49. The molecule has 0 saturated heterocycles. The van der Waals surface area contributed by atoms with Gasteiger partial charge >= 0.3 is 0 Å². The molecular formula is C14H22O2. The Morgan fingerprint density at radius 1 is 0.938 bits per heavy atom. The van der Waals surface area contributed by atoms with Gasteiger partial charge in [-0.3, -0.25) is 0 Å². The van der Waals surface area contributed by atoms with E-state index in [1.807, 2.05) is 6.07 Å². The summed E-state index contributed by atoms with van der Waals surface area (Å²) in [5.74, 6) is 1.79. The fourth-order valence-electron chi connectivity index (χ4n) is 1.47. The van der Waals surface area contributed by atoms with E-state index >= 15 is 0 Å². The summed E-state index contributed by atoms with van der Waals surface area (Å²) in [7, 11) is 0. The molecule has 1 aromatic carbocycles. The van der Waals surface area contributed by atoms with E-state index in [0.717, 1.165) is 37.6 Å². The predicted octanol–water partition coefficient (Wildman–Crippen LogP) is 3.88. The molecular weight excluding hydrogens is 200 g/mol. The Labute approximate surface area is 98.6 Å². The van der Waals surface area contributed by atoms with Gasteiger partial charge in [-0.25, -0.2) is 0 Å². The number of rotatable bonds is 6. The average molecular weight is 222 g/mol. The molecule has 0 bridgehead atoms. The summed E-state index contributed by atoms with van der Waals surface area (Å²) in [5, 5.41) is 0. The largest absolute Gasteiger partial charge is 0.490 e. The van der Waals surface area contributed by atoms with Gasteiger partial charge in [-0.05, 0) is 43.9 Å². The van der Waals surface area contributed by atoms with Crippen molar-refractivity contribution in [3.05, 3.63) is 23.3 Å². The fraction of sp³-hybridized carbons (Fsp3) is 0.571. The molecule has 0 aromatic heterocycles. The van der Waals surface area contributed by atoms with E-state index in [9.17, 15) is 0 Å². The molecule has 0 amide bonds. The molecule has 0 aliphatic carbocycles. The maximum atomic E-state index is 5.77. The Bertz CT molecular complexity index is 332. The SMILES string of the molecule is CCCOc1ccc(C)c(C)c1OCCC. The van der Waals surface area contributed by atoms with Crippen LogP contribution in [0.5, 0.6) is 11.5 Å². The normalized spacial score (nSPS) is 10.2. The molecule has 0 fully saturated rings. The summed E-state index contributed by atoms with van der Waals surface area (Å²) in [6.45, 7) is 9.87. The van der Waals surface area contributed by atoms with Gasteiger partial charge in [-0.2, -0.15) is 0 Å². The van der Waals surface area contributed by atoms with Crippen LogP contribution in [0.15, 0.2) is 12.1 Å². The number of aryl methyl sites for hydroxylation is 1. The lowest BCUT2D eigenvalue weighted by Gasteiger charge is -2.15. The molecule has 2 heteroatoms. The van der Waals surface area contributed by atoms with Crippen LogP contribution in [-0.4, -0.2) is 13.2 Å². The van der Waals surface area contributed by atoms with Crippen molar-refractivity contribution >= 4 is 0 Å². The Hall–Kier alpha value is -1.18. The Balaban J connectivity index is 2.91. The van der Waals surface area contributed by atoms with Gasteiger partial charge in [0.2, 0.25) is 0 Å².